The van der Waals surface area contributed by atoms with Crippen LogP contribution in [0.5, 0.6) is 0 Å². The van der Waals surface area contributed by atoms with Crippen LogP contribution in [0, 0.1) is 11.3 Å². The van der Waals surface area contributed by atoms with Gasteiger partial charge in [-0.3, -0.25) is 0 Å². The molecule has 8 heteroatoms. The van der Waals surface area contributed by atoms with E-state index < -0.39 is 11.7 Å². The highest BCUT2D eigenvalue weighted by molar-refractivity contribution is 5.85. The van der Waals surface area contributed by atoms with Crippen LogP contribution in [0.1, 0.15) is 26.5 Å². The molecule has 0 aliphatic carbocycles. The van der Waals surface area contributed by atoms with Crippen LogP contribution in [0.4, 0.5) is 10.6 Å². The van der Waals surface area contributed by atoms with Crippen molar-refractivity contribution in [3.63, 3.8) is 0 Å². The minimum atomic E-state index is -0.537. The molecule has 0 aliphatic heterocycles. The monoisotopic (exact) mass is 378 g/mol. The smallest absolute Gasteiger partial charge is 0.407 e. The van der Waals surface area contributed by atoms with E-state index in [-0.39, 0.29) is 5.69 Å². The van der Waals surface area contributed by atoms with Gasteiger partial charge in [0.05, 0.1) is 11.9 Å². The van der Waals surface area contributed by atoms with E-state index in [2.05, 4.69) is 31.7 Å². The maximum atomic E-state index is 11.6. The average Bonchev–Trinajstić information content (AvgIpc) is 3.07. The van der Waals surface area contributed by atoms with Gasteiger partial charge in [-0.05, 0) is 32.9 Å². The first kappa shape index (κ1) is 19.2. The van der Waals surface area contributed by atoms with Gasteiger partial charge < -0.3 is 20.4 Å². The minimum Gasteiger partial charge on any atom is -0.444 e. The minimum absolute atomic E-state index is 0.240. The van der Waals surface area contributed by atoms with Gasteiger partial charge in [0.2, 0.25) is 0 Å². The number of anilines is 1. The van der Waals surface area contributed by atoms with Gasteiger partial charge in [0, 0.05) is 24.0 Å². The SMILES string of the molecule is CC(C)(C)OC(=O)NCCNc1cnc(C#N)c(-c2cc3ccccc3[nH]2)n1. The van der Waals surface area contributed by atoms with Crippen LogP contribution in [0.3, 0.4) is 0 Å². The van der Waals surface area contributed by atoms with Crippen molar-refractivity contribution in [1.29, 1.82) is 5.26 Å². The van der Waals surface area contributed by atoms with Gasteiger partial charge in [-0.2, -0.15) is 5.26 Å². The molecule has 0 unspecified atom stereocenters. The molecule has 2 aromatic heterocycles. The maximum Gasteiger partial charge on any atom is 0.407 e. The molecule has 28 heavy (non-hydrogen) atoms. The standard InChI is InChI=1S/C20H22N6O2/c1-20(2,3)28-19(27)23-9-8-22-17-12-24-16(11-21)18(26-17)15-10-13-6-4-5-7-14(13)25-15/h4-7,10,12,25H,8-9H2,1-3H3,(H,22,26)(H,23,27). The predicted molar refractivity (Wildman–Crippen MR) is 107 cm³/mol. The molecule has 3 rings (SSSR count). The van der Waals surface area contributed by atoms with Crippen LogP contribution in [-0.2, 0) is 4.74 Å². The van der Waals surface area contributed by atoms with Gasteiger partial charge >= 0.3 is 6.09 Å². The Morgan fingerprint density at radius 3 is 2.79 bits per heavy atom. The summed E-state index contributed by atoms with van der Waals surface area (Å²) in [5.74, 6) is 0.513. The second kappa shape index (κ2) is 7.96. The van der Waals surface area contributed by atoms with Crippen LogP contribution < -0.4 is 10.6 Å². The summed E-state index contributed by atoms with van der Waals surface area (Å²) < 4.78 is 5.18. The number of para-hydroxylation sites is 1. The van der Waals surface area contributed by atoms with E-state index in [4.69, 9.17) is 4.74 Å². The zero-order chi connectivity index (χ0) is 20.1. The fourth-order valence-corrected chi connectivity index (χ4v) is 2.61. The van der Waals surface area contributed by atoms with Crippen molar-refractivity contribution in [2.75, 3.05) is 18.4 Å². The average molecular weight is 378 g/mol. The second-order valence-electron chi connectivity index (χ2n) is 7.19. The summed E-state index contributed by atoms with van der Waals surface area (Å²) in [4.78, 5) is 23.6. The van der Waals surface area contributed by atoms with Gasteiger partial charge in [0.1, 0.15) is 23.2 Å². The van der Waals surface area contributed by atoms with Crippen LogP contribution in [-0.4, -0.2) is 39.7 Å². The normalized spacial score (nSPS) is 11.1. The Kier molecular flexibility index (Phi) is 5.45. The van der Waals surface area contributed by atoms with Gasteiger partial charge in [-0.25, -0.2) is 14.8 Å². The van der Waals surface area contributed by atoms with Crippen LogP contribution >= 0.6 is 0 Å². The topological polar surface area (TPSA) is 116 Å². The molecular weight excluding hydrogens is 356 g/mol. The summed E-state index contributed by atoms with van der Waals surface area (Å²) in [6.45, 7) is 6.22. The molecule has 0 radical (unpaired) electrons. The number of nitrogens with zero attached hydrogens (tertiary/aromatic N) is 3. The lowest BCUT2D eigenvalue weighted by molar-refractivity contribution is 0.0530. The van der Waals surface area contributed by atoms with Crippen LogP contribution in [0.15, 0.2) is 36.5 Å². The number of rotatable bonds is 5. The van der Waals surface area contributed by atoms with E-state index in [1.807, 2.05) is 51.1 Å². The Morgan fingerprint density at radius 2 is 2.07 bits per heavy atom. The van der Waals surface area contributed by atoms with E-state index in [1.54, 1.807) is 0 Å². The number of carbonyl (C=O) groups excluding carboxylic acids is 1. The highest BCUT2D eigenvalue weighted by Crippen LogP contribution is 2.25. The maximum absolute atomic E-state index is 11.6. The quantitative estimate of drug-likeness (QED) is 0.586. The molecule has 0 saturated carbocycles. The number of fused-ring (bicyclic) bond motifs is 1. The first-order valence-corrected chi connectivity index (χ1v) is 8.92. The molecule has 0 spiro atoms. The van der Waals surface area contributed by atoms with Crippen molar-refractivity contribution in [3.8, 4) is 17.5 Å². The molecule has 0 bridgehead atoms. The number of benzene rings is 1. The molecule has 3 N–H and O–H groups in total. The highest BCUT2D eigenvalue weighted by Gasteiger charge is 2.16. The van der Waals surface area contributed by atoms with Crippen molar-refractivity contribution in [3.05, 3.63) is 42.2 Å². The number of amides is 1. The number of nitrogens with one attached hydrogen (secondary N) is 3. The fraction of sp³-hybridized carbons (Fsp3) is 0.300. The third-order valence-corrected chi connectivity index (χ3v) is 3.76. The number of aromatic amines is 1. The Hall–Kier alpha value is -3.60. The molecular formula is C20H22N6O2. The molecule has 1 aromatic carbocycles. The summed E-state index contributed by atoms with van der Waals surface area (Å²) >= 11 is 0. The summed E-state index contributed by atoms with van der Waals surface area (Å²) in [7, 11) is 0. The lowest BCUT2D eigenvalue weighted by Gasteiger charge is -2.19. The number of carbonyl (C=O) groups is 1. The Bertz CT molecular complexity index is 996. The Morgan fingerprint density at radius 1 is 1.29 bits per heavy atom. The number of H-pyrrole nitrogens is 1. The van der Waals surface area contributed by atoms with Crippen molar-refractivity contribution < 1.29 is 9.53 Å². The van der Waals surface area contributed by atoms with Gasteiger partial charge in [0.15, 0.2) is 5.69 Å². The van der Waals surface area contributed by atoms with E-state index in [0.717, 1.165) is 16.6 Å². The summed E-state index contributed by atoms with van der Waals surface area (Å²) in [5, 5.41) is 16.2. The Labute approximate surface area is 163 Å². The van der Waals surface area contributed by atoms with E-state index in [1.165, 1.54) is 6.20 Å². The number of hydrogen-bond donors (Lipinski definition) is 3. The highest BCUT2D eigenvalue weighted by atomic mass is 16.6. The number of aromatic nitrogens is 3. The zero-order valence-electron chi connectivity index (χ0n) is 16.0. The summed E-state index contributed by atoms with van der Waals surface area (Å²) in [5.41, 5.74) is 1.86. The van der Waals surface area contributed by atoms with Crippen molar-refractivity contribution in [2.45, 2.75) is 26.4 Å². The molecule has 3 aromatic rings. The van der Waals surface area contributed by atoms with Crippen LogP contribution in [0.2, 0.25) is 0 Å². The predicted octanol–water partition coefficient (Wildman–Crippen LogP) is 3.43. The lowest BCUT2D eigenvalue weighted by Crippen LogP contribution is -2.35. The largest absolute Gasteiger partial charge is 0.444 e. The second-order valence-corrected chi connectivity index (χ2v) is 7.19. The van der Waals surface area contributed by atoms with Gasteiger partial charge in [0.25, 0.3) is 0 Å². The number of nitriles is 1. The summed E-state index contributed by atoms with van der Waals surface area (Å²) in [6, 6.07) is 11.9. The number of ether oxygens (including phenoxy) is 1. The van der Waals surface area contributed by atoms with Crippen molar-refractivity contribution >= 4 is 22.8 Å². The number of alkyl carbamates (subject to hydrolysis) is 1. The van der Waals surface area contributed by atoms with Crippen LogP contribution in [0.25, 0.3) is 22.3 Å². The first-order valence-electron chi connectivity index (χ1n) is 8.92. The molecule has 1 amide bonds. The molecule has 2 heterocycles. The number of hydrogen-bond acceptors (Lipinski definition) is 6. The van der Waals surface area contributed by atoms with E-state index in [9.17, 15) is 10.1 Å². The van der Waals surface area contributed by atoms with E-state index in [0.29, 0.717) is 24.6 Å². The molecule has 0 saturated heterocycles. The summed E-state index contributed by atoms with van der Waals surface area (Å²) in [6.07, 6.45) is 1.03. The van der Waals surface area contributed by atoms with Crippen molar-refractivity contribution in [2.24, 2.45) is 0 Å². The molecule has 8 nitrogen and oxygen atoms in total. The molecule has 144 valence electrons. The lowest BCUT2D eigenvalue weighted by atomic mass is 10.2. The fourth-order valence-electron chi connectivity index (χ4n) is 2.61. The van der Waals surface area contributed by atoms with E-state index >= 15 is 0 Å². The van der Waals surface area contributed by atoms with Gasteiger partial charge in [-0.1, -0.05) is 18.2 Å². The molecule has 0 atom stereocenters. The Balaban J connectivity index is 1.68. The van der Waals surface area contributed by atoms with Crippen molar-refractivity contribution in [1.82, 2.24) is 20.3 Å². The molecule has 0 aliphatic rings. The molecule has 0 fully saturated rings. The third-order valence-electron chi connectivity index (χ3n) is 3.76. The zero-order valence-corrected chi connectivity index (χ0v) is 16.0. The first-order chi connectivity index (χ1) is 13.4. The third kappa shape index (κ3) is 4.76. The van der Waals surface area contributed by atoms with Gasteiger partial charge in [-0.15, -0.1) is 0 Å².